The normalized spacial score (nSPS) is 19.5. The molecule has 0 aromatic heterocycles. The maximum Gasteiger partial charge on any atom is 0.303 e. The average molecular weight is 681 g/mol. The second-order valence-corrected chi connectivity index (χ2v) is 15.1. The molecule has 2 saturated heterocycles. The van der Waals surface area contributed by atoms with Crippen molar-refractivity contribution in [3.8, 4) is 0 Å². The number of aliphatic carboxylic acids is 2. The third-order valence-corrected chi connectivity index (χ3v) is 10.3. The molecular formula is C42H80O6. The highest BCUT2D eigenvalue weighted by Crippen LogP contribution is 2.33. The van der Waals surface area contributed by atoms with Gasteiger partial charge in [0.15, 0.2) is 0 Å². The van der Waals surface area contributed by atoms with Crippen molar-refractivity contribution in [3.05, 3.63) is 0 Å². The van der Waals surface area contributed by atoms with Crippen LogP contribution >= 0.6 is 0 Å². The first-order chi connectivity index (χ1) is 23.5. The molecule has 284 valence electrons. The number of ether oxygens (including phenoxy) is 2. The monoisotopic (exact) mass is 681 g/mol. The van der Waals surface area contributed by atoms with Crippen molar-refractivity contribution >= 4 is 11.9 Å². The van der Waals surface area contributed by atoms with Gasteiger partial charge in [-0.2, -0.15) is 0 Å². The van der Waals surface area contributed by atoms with E-state index in [0.29, 0.717) is 37.3 Å². The highest BCUT2D eigenvalue weighted by Gasteiger charge is 2.37. The van der Waals surface area contributed by atoms with E-state index in [9.17, 15) is 9.59 Å². The highest BCUT2D eigenvalue weighted by atomic mass is 16.6. The maximum absolute atomic E-state index is 10.4. The average Bonchev–Trinajstić information content (AvgIpc) is 3.99. The molecule has 0 saturated carbocycles. The molecule has 6 nitrogen and oxygen atoms in total. The first-order valence-electron chi connectivity index (χ1n) is 21.2. The van der Waals surface area contributed by atoms with Crippen LogP contribution in [-0.2, 0) is 19.1 Å². The van der Waals surface area contributed by atoms with E-state index in [-0.39, 0.29) is 0 Å². The summed E-state index contributed by atoms with van der Waals surface area (Å²) in [4.78, 5) is 20.8. The zero-order valence-corrected chi connectivity index (χ0v) is 31.9. The summed E-state index contributed by atoms with van der Waals surface area (Å²) in [5, 5.41) is 17.1. The van der Waals surface area contributed by atoms with Crippen LogP contribution in [0.4, 0.5) is 0 Å². The van der Waals surface area contributed by atoms with E-state index in [1.807, 2.05) is 0 Å². The molecule has 2 aliphatic rings. The standard InChI is InChI=1S/C24H46O3.C18H34O3/c1-2-3-4-5-6-7-8-9-10-11-13-16-19-22-23(27-22)20-17-14-12-15-18-21-24(25)26;1-2-3-4-5-7-10-13-16-17(21-16)14-11-8-6-9-12-15-18(19)20/h22-23H,2-21H2,1H3,(H,25,26);16-17H,2-15H2,1H3,(H,19,20). The zero-order valence-electron chi connectivity index (χ0n) is 31.9. The van der Waals surface area contributed by atoms with Crippen LogP contribution in [0.3, 0.4) is 0 Å². The van der Waals surface area contributed by atoms with E-state index in [0.717, 1.165) is 25.7 Å². The summed E-state index contributed by atoms with van der Waals surface area (Å²) in [6.45, 7) is 4.54. The van der Waals surface area contributed by atoms with Gasteiger partial charge < -0.3 is 19.7 Å². The smallest absolute Gasteiger partial charge is 0.303 e. The number of rotatable bonds is 36. The molecule has 0 aromatic rings. The largest absolute Gasteiger partial charge is 0.481 e. The van der Waals surface area contributed by atoms with Crippen molar-refractivity contribution in [1.29, 1.82) is 0 Å². The molecule has 4 atom stereocenters. The van der Waals surface area contributed by atoms with Crippen molar-refractivity contribution in [1.82, 2.24) is 0 Å². The van der Waals surface area contributed by atoms with Gasteiger partial charge in [0.05, 0.1) is 24.4 Å². The van der Waals surface area contributed by atoms with Gasteiger partial charge in [-0.1, -0.05) is 181 Å². The van der Waals surface area contributed by atoms with Gasteiger partial charge in [-0.05, 0) is 38.5 Å². The van der Waals surface area contributed by atoms with Crippen LogP contribution in [0.15, 0.2) is 0 Å². The summed E-state index contributed by atoms with van der Waals surface area (Å²) in [6, 6.07) is 0. The van der Waals surface area contributed by atoms with Crippen molar-refractivity contribution in [2.75, 3.05) is 0 Å². The first kappa shape index (κ1) is 44.9. The molecule has 2 aliphatic heterocycles. The van der Waals surface area contributed by atoms with Crippen LogP contribution in [0.1, 0.15) is 232 Å². The minimum atomic E-state index is -0.668. The predicted molar refractivity (Wildman–Crippen MR) is 201 cm³/mol. The fourth-order valence-electron chi connectivity index (χ4n) is 6.99. The number of hydrogen-bond acceptors (Lipinski definition) is 4. The van der Waals surface area contributed by atoms with E-state index in [1.54, 1.807) is 0 Å². The van der Waals surface area contributed by atoms with E-state index in [2.05, 4.69) is 13.8 Å². The van der Waals surface area contributed by atoms with Gasteiger partial charge in [0.2, 0.25) is 0 Å². The number of epoxide rings is 2. The molecule has 48 heavy (non-hydrogen) atoms. The molecule has 2 heterocycles. The molecule has 0 spiro atoms. The summed E-state index contributed by atoms with van der Waals surface area (Å²) in [6.07, 6.45) is 44.0. The van der Waals surface area contributed by atoms with Crippen LogP contribution in [0, 0.1) is 0 Å². The molecule has 2 rings (SSSR count). The molecule has 0 aliphatic carbocycles. The molecule has 0 amide bonds. The Balaban J connectivity index is 0.000000495. The van der Waals surface area contributed by atoms with Gasteiger partial charge in [-0.3, -0.25) is 9.59 Å². The number of unbranched alkanes of at least 4 members (excludes halogenated alkanes) is 24. The van der Waals surface area contributed by atoms with Gasteiger partial charge >= 0.3 is 11.9 Å². The number of hydrogen-bond donors (Lipinski definition) is 2. The number of carboxylic acid groups (broad SMARTS) is 2. The predicted octanol–water partition coefficient (Wildman–Crippen LogP) is 13.0. The van der Waals surface area contributed by atoms with Crippen molar-refractivity contribution in [2.45, 2.75) is 257 Å². The van der Waals surface area contributed by atoms with Crippen LogP contribution in [0.25, 0.3) is 0 Å². The van der Waals surface area contributed by atoms with E-state index in [1.165, 1.54) is 180 Å². The van der Waals surface area contributed by atoms with E-state index < -0.39 is 11.9 Å². The molecule has 4 unspecified atom stereocenters. The van der Waals surface area contributed by atoms with E-state index in [4.69, 9.17) is 19.7 Å². The molecule has 2 fully saturated rings. The molecule has 0 bridgehead atoms. The van der Waals surface area contributed by atoms with Crippen molar-refractivity contribution in [3.63, 3.8) is 0 Å². The Bertz CT molecular complexity index is 727. The lowest BCUT2D eigenvalue weighted by atomic mass is 10.0. The Kier molecular flexibility index (Phi) is 30.9. The van der Waals surface area contributed by atoms with Crippen LogP contribution < -0.4 is 0 Å². The quantitative estimate of drug-likeness (QED) is 0.0504. The summed E-state index contributed by atoms with van der Waals surface area (Å²) < 4.78 is 11.5. The number of carboxylic acids is 2. The fourth-order valence-corrected chi connectivity index (χ4v) is 6.99. The highest BCUT2D eigenvalue weighted by molar-refractivity contribution is 5.66. The van der Waals surface area contributed by atoms with Gasteiger partial charge in [-0.25, -0.2) is 0 Å². The lowest BCUT2D eigenvalue weighted by Gasteiger charge is -2.02. The van der Waals surface area contributed by atoms with Gasteiger partial charge in [0.1, 0.15) is 0 Å². The van der Waals surface area contributed by atoms with Crippen molar-refractivity contribution < 1.29 is 29.3 Å². The van der Waals surface area contributed by atoms with Gasteiger partial charge in [0.25, 0.3) is 0 Å². The van der Waals surface area contributed by atoms with Crippen molar-refractivity contribution in [2.24, 2.45) is 0 Å². The topological polar surface area (TPSA) is 99.7 Å². The molecule has 0 radical (unpaired) electrons. The summed E-state index contributed by atoms with van der Waals surface area (Å²) in [5.74, 6) is -1.33. The maximum atomic E-state index is 10.4. The summed E-state index contributed by atoms with van der Waals surface area (Å²) >= 11 is 0. The minimum absolute atomic E-state index is 0.325. The minimum Gasteiger partial charge on any atom is -0.481 e. The second-order valence-electron chi connectivity index (χ2n) is 15.1. The van der Waals surface area contributed by atoms with Crippen LogP contribution in [0.2, 0.25) is 0 Å². The molecule has 2 N–H and O–H groups in total. The summed E-state index contributed by atoms with van der Waals surface area (Å²) in [7, 11) is 0. The van der Waals surface area contributed by atoms with Gasteiger partial charge in [-0.15, -0.1) is 0 Å². The Labute approximate surface area is 297 Å². The SMILES string of the molecule is CCCCCCCCC1OC1CCCCCCCC(=O)O.CCCCCCCCCCCCCCC1OC1CCCCCCCC(=O)O. The third kappa shape index (κ3) is 30.9. The van der Waals surface area contributed by atoms with Crippen LogP contribution in [0.5, 0.6) is 0 Å². The first-order valence-corrected chi connectivity index (χ1v) is 21.2. The fraction of sp³-hybridized carbons (Fsp3) is 0.952. The zero-order chi connectivity index (χ0) is 34.9. The molecule has 6 heteroatoms. The summed E-state index contributed by atoms with van der Waals surface area (Å²) in [5.41, 5.74) is 0. The van der Waals surface area contributed by atoms with Gasteiger partial charge in [0, 0.05) is 12.8 Å². The number of carbonyl (C=O) groups is 2. The van der Waals surface area contributed by atoms with Crippen LogP contribution in [-0.4, -0.2) is 46.6 Å². The Morgan fingerprint density at radius 2 is 0.562 bits per heavy atom. The molecular weight excluding hydrogens is 600 g/mol. The third-order valence-electron chi connectivity index (χ3n) is 10.3. The molecule has 0 aromatic carbocycles. The van der Waals surface area contributed by atoms with E-state index >= 15 is 0 Å². The Morgan fingerprint density at radius 3 is 0.792 bits per heavy atom. The Hall–Kier alpha value is -1.14. The second kappa shape index (κ2) is 33.0. The Morgan fingerprint density at radius 1 is 0.354 bits per heavy atom. The lowest BCUT2D eigenvalue weighted by Crippen LogP contribution is -1.95. The lowest BCUT2D eigenvalue weighted by molar-refractivity contribution is -0.138.